The number of piperidine rings is 1. The zero-order valence-corrected chi connectivity index (χ0v) is 13.9. The molecule has 1 unspecified atom stereocenters. The van der Waals surface area contributed by atoms with Gasteiger partial charge in [-0.25, -0.2) is 9.97 Å². The molecule has 0 spiro atoms. The lowest BCUT2D eigenvalue weighted by Gasteiger charge is -2.31. The van der Waals surface area contributed by atoms with Gasteiger partial charge in [0.25, 0.3) is 0 Å². The van der Waals surface area contributed by atoms with E-state index in [2.05, 4.69) is 34.0 Å². The SMILES string of the molecule is CCC(C)NC(=O)C1CCN(c2nc3cccnc3s2)CC1. The molecule has 0 radical (unpaired) electrons. The maximum absolute atomic E-state index is 12.2. The number of carbonyl (C=O) groups excluding carboxylic acids is 1. The molecule has 1 N–H and O–H groups in total. The first kappa shape index (κ1) is 15.2. The summed E-state index contributed by atoms with van der Waals surface area (Å²) >= 11 is 1.63. The van der Waals surface area contributed by atoms with Crippen molar-refractivity contribution in [3.8, 4) is 0 Å². The molecule has 1 atom stereocenters. The summed E-state index contributed by atoms with van der Waals surface area (Å²) in [6.07, 6.45) is 4.57. The molecule has 22 heavy (non-hydrogen) atoms. The largest absolute Gasteiger partial charge is 0.353 e. The fraction of sp³-hybridized carbons (Fsp3) is 0.562. The van der Waals surface area contributed by atoms with Crippen molar-refractivity contribution in [2.24, 2.45) is 5.92 Å². The van der Waals surface area contributed by atoms with Crippen molar-refractivity contribution in [1.29, 1.82) is 0 Å². The summed E-state index contributed by atoms with van der Waals surface area (Å²) in [7, 11) is 0. The van der Waals surface area contributed by atoms with Crippen molar-refractivity contribution in [2.75, 3.05) is 18.0 Å². The van der Waals surface area contributed by atoms with Crippen LogP contribution >= 0.6 is 11.3 Å². The Hall–Kier alpha value is -1.69. The first-order valence-electron chi connectivity index (χ1n) is 7.94. The fourth-order valence-electron chi connectivity index (χ4n) is 2.69. The molecule has 2 aromatic rings. The Morgan fingerprint density at radius 2 is 2.27 bits per heavy atom. The molecule has 3 heterocycles. The van der Waals surface area contributed by atoms with Gasteiger partial charge in [-0.1, -0.05) is 18.3 Å². The Morgan fingerprint density at radius 3 is 2.95 bits per heavy atom. The predicted molar refractivity (Wildman–Crippen MR) is 90.2 cm³/mol. The Bertz CT molecular complexity index is 615. The number of hydrogen-bond acceptors (Lipinski definition) is 5. The highest BCUT2D eigenvalue weighted by Gasteiger charge is 2.26. The van der Waals surface area contributed by atoms with Crippen LogP contribution in [-0.2, 0) is 4.79 Å². The second kappa shape index (κ2) is 6.60. The average molecular weight is 318 g/mol. The van der Waals surface area contributed by atoms with Crippen molar-refractivity contribution in [3.05, 3.63) is 18.3 Å². The number of anilines is 1. The molecule has 1 fully saturated rings. The lowest BCUT2D eigenvalue weighted by atomic mass is 9.96. The zero-order valence-electron chi connectivity index (χ0n) is 13.1. The van der Waals surface area contributed by atoms with Gasteiger partial charge in [-0.15, -0.1) is 0 Å². The highest BCUT2D eigenvalue weighted by atomic mass is 32.1. The third-order valence-corrected chi connectivity index (χ3v) is 5.33. The Labute approximate surface area is 134 Å². The highest BCUT2D eigenvalue weighted by Crippen LogP contribution is 2.30. The van der Waals surface area contributed by atoms with Crippen molar-refractivity contribution in [1.82, 2.24) is 15.3 Å². The van der Waals surface area contributed by atoms with E-state index in [0.717, 1.165) is 47.8 Å². The lowest BCUT2D eigenvalue weighted by molar-refractivity contribution is -0.126. The predicted octanol–water partition coefficient (Wildman–Crippen LogP) is 2.82. The Kier molecular flexibility index (Phi) is 4.57. The van der Waals surface area contributed by atoms with E-state index in [1.165, 1.54) is 0 Å². The van der Waals surface area contributed by atoms with E-state index < -0.39 is 0 Å². The molecule has 0 bridgehead atoms. The molecule has 1 aliphatic heterocycles. The third kappa shape index (κ3) is 3.21. The van der Waals surface area contributed by atoms with E-state index in [4.69, 9.17) is 0 Å². The highest BCUT2D eigenvalue weighted by molar-refractivity contribution is 7.21. The van der Waals surface area contributed by atoms with Gasteiger partial charge in [-0.3, -0.25) is 4.79 Å². The monoisotopic (exact) mass is 318 g/mol. The van der Waals surface area contributed by atoms with Crippen molar-refractivity contribution >= 4 is 32.7 Å². The first-order chi connectivity index (χ1) is 10.7. The molecule has 0 aromatic carbocycles. The summed E-state index contributed by atoms with van der Waals surface area (Å²) in [6, 6.07) is 4.17. The second-order valence-electron chi connectivity index (χ2n) is 5.90. The summed E-state index contributed by atoms with van der Waals surface area (Å²) in [5, 5.41) is 4.12. The van der Waals surface area contributed by atoms with Gasteiger partial charge in [0.1, 0.15) is 10.3 Å². The van der Waals surface area contributed by atoms with Crippen molar-refractivity contribution in [3.63, 3.8) is 0 Å². The van der Waals surface area contributed by atoms with E-state index in [0.29, 0.717) is 0 Å². The van der Waals surface area contributed by atoms with E-state index in [-0.39, 0.29) is 17.9 Å². The standard InChI is InChI=1S/C16H22N4OS/c1-3-11(2)18-14(21)12-6-9-20(10-7-12)16-19-13-5-4-8-17-15(13)22-16/h4-5,8,11-12H,3,6-7,9-10H2,1-2H3,(H,18,21). The number of thiazole rings is 1. The van der Waals surface area contributed by atoms with Crippen LogP contribution in [0.2, 0.25) is 0 Å². The number of amides is 1. The van der Waals surface area contributed by atoms with Gasteiger partial charge in [0.05, 0.1) is 0 Å². The van der Waals surface area contributed by atoms with Crippen molar-refractivity contribution < 1.29 is 4.79 Å². The number of aromatic nitrogens is 2. The van der Waals surface area contributed by atoms with E-state index in [1.54, 1.807) is 17.5 Å². The van der Waals surface area contributed by atoms with Crippen LogP contribution < -0.4 is 10.2 Å². The summed E-state index contributed by atoms with van der Waals surface area (Å²) in [5.74, 6) is 0.345. The van der Waals surface area contributed by atoms with Gasteiger partial charge in [-0.05, 0) is 38.3 Å². The molecule has 1 saturated heterocycles. The van der Waals surface area contributed by atoms with Gasteiger partial charge < -0.3 is 10.2 Å². The summed E-state index contributed by atoms with van der Waals surface area (Å²) in [4.78, 5) is 24.5. The van der Waals surface area contributed by atoms with Crippen LogP contribution in [0.1, 0.15) is 33.1 Å². The molecule has 1 amide bonds. The lowest BCUT2D eigenvalue weighted by Crippen LogP contribution is -2.43. The van der Waals surface area contributed by atoms with Crippen LogP contribution in [0.3, 0.4) is 0 Å². The maximum Gasteiger partial charge on any atom is 0.223 e. The number of fused-ring (bicyclic) bond motifs is 1. The van der Waals surface area contributed by atoms with Gasteiger partial charge in [0.15, 0.2) is 5.13 Å². The minimum atomic E-state index is 0.137. The van der Waals surface area contributed by atoms with Crippen LogP contribution in [0.5, 0.6) is 0 Å². The number of pyridine rings is 1. The Balaban J connectivity index is 1.60. The Morgan fingerprint density at radius 1 is 1.50 bits per heavy atom. The molecule has 5 nitrogen and oxygen atoms in total. The minimum Gasteiger partial charge on any atom is -0.353 e. The normalized spacial score (nSPS) is 17.6. The van der Waals surface area contributed by atoms with Crippen LogP contribution in [0, 0.1) is 5.92 Å². The molecule has 0 aliphatic carbocycles. The van der Waals surface area contributed by atoms with Gasteiger partial charge in [0.2, 0.25) is 5.91 Å². The molecular weight excluding hydrogens is 296 g/mol. The fourth-order valence-corrected chi connectivity index (χ4v) is 3.65. The molecule has 2 aromatic heterocycles. The van der Waals surface area contributed by atoms with Crippen LogP contribution in [0.4, 0.5) is 5.13 Å². The average Bonchev–Trinajstić information content (AvgIpc) is 2.98. The molecule has 1 aliphatic rings. The molecular formula is C16H22N4OS. The smallest absolute Gasteiger partial charge is 0.223 e. The summed E-state index contributed by atoms with van der Waals surface area (Å²) < 4.78 is 0. The van der Waals surface area contributed by atoms with Gasteiger partial charge in [0, 0.05) is 31.2 Å². The van der Waals surface area contributed by atoms with Gasteiger partial charge in [-0.2, -0.15) is 0 Å². The van der Waals surface area contributed by atoms with Crippen LogP contribution in [-0.4, -0.2) is 35.0 Å². The van der Waals surface area contributed by atoms with Crippen LogP contribution in [0.25, 0.3) is 10.3 Å². The zero-order chi connectivity index (χ0) is 15.5. The quantitative estimate of drug-likeness (QED) is 0.942. The number of nitrogens with zero attached hydrogens (tertiary/aromatic N) is 3. The summed E-state index contributed by atoms with van der Waals surface area (Å²) in [5.41, 5.74) is 0.958. The third-order valence-electron chi connectivity index (χ3n) is 4.29. The molecule has 6 heteroatoms. The van der Waals surface area contributed by atoms with Crippen molar-refractivity contribution in [2.45, 2.75) is 39.2 Å². The van der Waals surface area contributed by atoms with E-state index >= 15 is 0 Å². The topological polar surface area (TPSA) is 58.1 Å². The molecule has 0 saturated carbocycles. The minimum absolute atomic E-state index is 0.137. The number of nitrogens with one attached hydrogen (secondary N) is 1. The van der Waals surface area contributed by atoms with E-state index in [9.17, 15) is 4.79 Å². The molecule has 3 rings (SSSR count). The summed E-state index contributed by atoms with van der Waals surface area (Å²) in [6.45, 7) is 5.92. The van der Waals surface area contributed by atoms with Gasteiger partial charge >= 0.3 is 0 Å². The first-order valence-corrected chi connectivity index (χ1v) is 8.76. The number of hydrogen-bond donors (Lipinski definition) is 1. The second-order valence-corrected chi connectivity index (χ2v) is 6.86. The number of rotatable bonds is 4. The van der Waals surface area contributed by atoms with Crippen LogP contribution in [0.15, 0.2) is 18.3 Å². The van der Waals surface area contributed by atoms with E-state index in [1.807, 2.05) is 12.1 Å². The number of carbonyl (C=O) groups is 1. The maximum atomic E-state index is 12.2. The molecule has 118 valence electrons.